The normalized spacial score (nSPS) is 21.6. The van der Waals surface area contributed by atoms with Crippen LogP contribution < -0.4 is 15.4 Å². The minimum Gasteiger partial charge on any atom is -0.482 e. The van der Waals surface area contributed by atoms with Crippen LogP contribution in [0.25, 0.3) is 0 Å². The number of nitrogens with one attached hydrogen (secondary N) is 2. The molecule has 1 aliphatic carbocycles. The van der Waals surface area contributed by atoms with Crippen LogP contribution >= 0.6 is 0 Å². The highest BCUT2D eigenvalue weighted by molar-refractivity contribution is 5.95. The number of rotatable bonds is 4. The largest absolute Gasteiger partial charge is 0.482 e. The van der Waals surface area contributed by atoms with E-state index in [4.69, 9.17) is 9.47 Å². The maximum Gasteiger partial charge on any atom is 0.262 e. The van der Waals surface area contributed by atoms with Gasteiger partial charge in [0.05, 0.1) is 11.8 Å². The van der Waals surface area contributed by atoms with Gasteiger partial charge in [-0.25, -0.2) is 0 Å². The van der Waals surface area contributed by atoms with E-state index in [1.54, 1.807) is 7.11 Å². The number of benzene rings is 2. The van der Waals surface area contributed by atoms with Gasteiger partial charge in [-0.2, -0.15) is 0 Å². The number of carbonyl (C=O) groups excluding carboxylic acids is 1. The molecule has 2 atom stereocenters. The number of hydrogen-bond donors (Lipinski definition) is 2. The maximum atomic E-state index is 11.3. The number of carbonyl (C=O) groups is 1. The van der Waals surface area contributed by atoms with Gasteiger partial charge < -0.3 is 20.1 Å². The molecule has 1 amide bonds. The fourth-order valence-electron chi connectivity index (χ4n) is 3.51. The third-order valence-electron chi connectivity index (χ3n) is 4.67. The first kappa shape index (κ1) is 15.2. The van der Waals surface area contributed by atoms with E-state index in [-0.39, 0.29) is 24.7 Å². The Kier molecular flexibility index (Phi) is 3.96. The summed E-state index contributed by atoms with van der Waals surface area (Å²) in [4.78, 5) is 11.3. The summed E-state index contributed by atoms with van der Waals surface area (Å²) < 4.78 is 11.2. The Labute approximate surface area is 141 Å². The molecule has 1 aliphatic heterocycles. The van der Waals surface area contributed by atoms with Crippen LogP contribution in [-0.4, -0.2) is 25.7 Å². The van der Waals surface area contributed by atoms with Gasteiger partial charge in [0.1, 0.15) is 5.75 Å². The zero-order valence-electron chi connectivity index (χ0n) is 13.5. The van der Waals surface area contributed by atoms with E-state index in [2.05, 4.69) is 34.9 Å². The Hall–Kier alpha value is -2.37. The van der Waals surface area contributed by atoms with E-state index in [0.717, 1.165) is 30.0 Å². The predicted molar refractivity (Wildman–Crippen MR) is 91.1 cm³/mol. The number of fused-ring (bicyclic) bond motifs is 2. The van der Waals surface area contributed by atoms with Crippen molar-refractivity contribution in [3.05, 3.63) is 59.2 Å². The van der Waals surface area contributed by atoms with Crippen LogP contribution in [-0.2, 0) is 22.5 Å². The first-order valence-corrected chi connectivity index (χ1v) is 8.14. The van der Waals surface area contributed by atoms with Gasteiger partial charge in [0.2, 0.25) is 0 Å². The van der Waals surface area contributed by atoms with E-state index in [1.165, 1.54) is 11.1 Å². The van der Waals surface area contributed by atoms with Gasteiger partial charge in [0.15, 0.2) is 6.61 Å². The molecule has 24 heavy (non-hydrogen) atoms. The van der Waals surface area contributed by atoms with E-state index in [0.29, 0.717) is 0 Å². The lowest BCUT2D eigenvalue weighted by Crippen LogP contribution is -2.33. The van der Waals surface area contributed by atoms with Crippen molar-refractivity contribution in [3.63, 3.8) is 0 Å². The number of hydrogen-bond acceptors (Lipinski definition) is 4. The topological polar surface area (TPSA) is 59.6 Å². The summed E-state index contributed by atoms with van der Waals surface area (Å²) in [5.74, 6) is 0.618. The Morgan fingerprint density at radius 2 is 2.17 bits per heavy atom. The molecule has 5 nitrogen and oxygen atoms in total. The third-order valence-corrected chi connectivity index (χ3v) is 4.67. The highest BCUT2D eigenvalue weighted by atomic mass is 16.5. The molecule has 0 spiro atoms. The first-order valence-electron chi connectivity index (χ1n) is 8.14. The Balaban J connectivity index is 1.45. The van der Waals surface area contributed by atoms with Crippen LogP contribution in [0.15, 0.2) is 42.5 Å². The molecular formula is C19H20N2O3. The van der Waals surface area contributed by atoms with Crippen molar-refractivity contribution in [1.29, 1.82) is 0 Å². The van der Waals surface area contributed by atoms with Gasteiger partial charge in [0, 0.05) is 19.7 Å². The Bertz CT molecular complexity index is 775. The van der Waals surface area contributed by atoms with Gasteiger partial charge in [-0.05, 0) is 35.2 Å². The second-order valence-corrected chi connectivity index (χ2v) is 6.21. The molecule has 0 fully saturated rings. The lowest BCUT2D eigenvalue weighted by atomic mass is 10.1. The Morgan fingerprint density at radius 3 is 3.04 bits per heavy atom. The van der Waals surface area contributed by atoms with Crippen LogP contribution in [0.4, 0.5) is 5.69 Å². The van der Waals surface area contributed by atoms with Crippen molar-refractivity contribution in [2.24, 2.45) is 0 Å². The third kappa shape index (κ3) is 2.77. The zero-order chi connectivity index (χ0) is 16.5. The van der Waals surface area contributed by atoms with Crippen LogP contribution in [0.5, 0.6) is 5.75 Å². The minimum atomic E-state index is -0.111. The standard InChI is InChI=1S/C19H20N2O3/c1-23-19-14-5-3-2-4-13(14)9-16(19)20-10-12-6-7-15-17(8-12)24-11-18(22)21-15/h2-8,16,19-20H,9-11H2,1H3,(H,21,22)/t16-,19+/m1/s1. The van der Waals surface area contributed by atoms with Crippen molar-refractivity contribution < 1.29 is 14.3 Å². The molecule has 4 rings (SSSR count). The SMILES string of the molecule is CO[C@H]1c2ccccc2C[C@H]1NCc1ccc2c(c1)OCC(=O)N2. The summed E-state index contributed by atoms with van der Waals surface area (Å²) in [5.41, 5.74) is 4.47. The van der Waals surface area contributed by atoms with Crippen molar-refractivity contribution >= 4 is 11.6 Å². The second-order valence-electron chi connectivity index (χ2n) is 6.21. The van der Waals surface area contributed by atoms with Crippen LogP contribution in [0.3, 0.4) is 0 Å². The van der Waals surface area contributed by atoms with Gasteiger partial charge >= 0.3 is 0 Å². The van der Waals surface area contributed by atoms with E-state index in [1.807, 2.05) is 18.2 Å². The molecule has 2 aromatic carbocycles. The van der Waals surface area contributed by atoms with Crippen LogP contribution in [0, 0.1) is 0 Å². The molecule has 124 valence electrons. The lowest BCUT2D eigenvalue weighted by molar-refractivity contribution is -0.118. The van der Waals surface area contributed by atoms with Crippen LogP contribution in [0.2, 0.25) is 0 Å². The quantitative estimate of drug-likeness (QED) is 0.907. The second kappa shape index (κ2) is 6.26. The van der Waals surface area contributed by atoms with E-state index >= 15 is 0 Å². The summed E-state index contributed by atoms with van der Waals surface area (Å²) in [7, 11) is 1.76. The number of ether oxygens (including phenoxy) is 2. The number of amides is 1. The molecule has 0 radical (unpaired) electrons. The summed E-state index contributed by atoms with van der Waals surface area (Å²) in [5, 5.41) is 6.40. The summed E-state index contributed by atoms with van der Waals surface area (Å²) in [6, 6.07) is 14.6. The van der Waals surface area contributed by atoms with Crippen molar-refractivity contribution in [2.45, 2.75) is 25.1 Å². The molecule has 5 heteroatoms. The fraction of sp³-hybridized carbons (Fsp3) is 0.316. The zero-order valence-corrected chi connectivity index (χ0v) is 13.5. The van der Waals surface area contributed by atoms with E-state index in [9.17, 15) is 4.79 Å². The summed E-state index contributed by atoms with van der Waals surface area (Å²) in [6.07, 6.45) is 1.04. The number of anilines is 1. The van der Waals surface area contributed by atoms with Crippen molar-refractivity contribution in [3.8, 4) is 5.75 Å². The molecule has 2 aliphatic rings. The molecular weight excluding hydrogens is 304 g/mol. The minimum absolute atomic E-state index is 0.0769. The van der Waals surface area contributed by atoms with Crippen LogP contribution in [0.1, 0.15) is 22.8 Å². The monoisotopic (exact) mass is 324 g/mol. The average Bonchev–Trinajstić information content (AvgIpc) is 2.97. The fourth-order valence-corrected chi connectivity index (χ4v) is 3.51. The summed E-state index contributed by atoms with van der Waals surface area (Å²) >= 11 is 0. The smallest absolute Gasteiger partial charge is 0.262 e. The maximum absolute atomic E-state index is 11.3. The lowest BCUT2D eigenvalue weighted by Gasteiger charge is -2.22. The average molecular weight is 324 g/mol. The van der Waals surface area contributed by atoms with Gasteiger partial charge in [0.25, 0.3) is 5.91 Å². The van der Waals surface area contributed by atoms with E-state index < -0.39 is 0 Å². The van der Waals surface area contributed by atoms with Gasteiger partial charge in [-0.3, -0.25) is 4.79 Å². The molecule has 0 aromatic heterocycles. The molecule has 2 aromatic rings. The highest BCUT2D eigenvalue weighted by Crippen LogP contribution is 2.34. The van der Waals surface area contributed by atoms with Crippen molar-refractivity contribution in [1.82, 2.24) is 5.32 Å². The molecule has 2 N–H and O–H groups in total. The number of methoxy groups -OCH3 is 1. The highest BCUT2D eigenvalue weighted by Gasteiger charge is 2.31. The summed E-state index contributed by atoms with van der Waals surface area (Å²) in [6.45, 7) is 0.802. The predicted octanol–water partition coefficient (Wildman–Crippen LogP) is 2.42. The first-order chi connectivity index (χ1) is 11.7. The molecule has 0 saturated heterocycles. The molecule has 0 bridgehead atoms. The molecule has 0 saturated carbocycles. The van der Waals surface area contributed by atoms with Crippen molar-refractivity contribution in [2.75, 3.05) is 19.0 Å². The molecule has 0 unspecified atom stereocenters. The van der Waals surface area contributed by atoms with Gasteiger partial charge in [-0.15, -0.1) is 0 Å². The Morgan fingerprint density at radius 1 is 1.29 bits per heavy atom. The van der Waals surface area contributed by atoms with Gasteiger partial charge in [-0.1, -0.05) is 30.3 Å². The molecule has 1 heterocycles.